The maximum atomic E-state index is 12.7. The van der Waals surface area contributed by atoms with Gasteiger partial charge >= 0.3 is 5.97 Å². The summed E-state index contributed by atoms with van der Waals surface area (Å²) in [6, 6.07) is 23.3. The van der Waals surface area contributed by atoms with Crippen molar-refractivity contribution in [1.29, 1.82) is 0 Å². The number of carbonyl (C=O) groups excluding carboxylic acids is 1. The van der Waals surface area contributed by atoms with Crippen LogP contribution in [0.3, 0.4) is 0 Å². The minimum Gasteiger partial charge on any atom is -0.462 e. The molecule has 34 heavy (non-hydrogen) atoms. The van der Waals surface area contributed by atoms with E-state index in [1.54, 1.807) is 11.6 Å². The number of benzene rings is 2. The lowest BCUT2D eigenvalue weighted by molar-refractivity contribution is 0.0527. The van der Waals surface area contributed by atoms with Crippen LogP contribution in [0, 0.1) is 6.92 Å². The van der Waals surface area contributed by atoms with Crippen LogP contribution in [0.25, 0.3) is 28.0 Å². The van der Waals surface area contributed by atoms with Gasteiger partial charge in [-0.2, -0.15) is 9.78 Å². The summed E-state index contributed by atoms with van der Waals surface area (Å²) in [7, 11) is 0. The standard InChI is InChI=1S/C26H22N6O2/c1-3-34-26(33)20-16-27-32(24-14-13-19-11-7-8-12-21(19)30-24)25(20)31-23-15-22(28-17(2)29-23)18-9-5-4-6-10-18/h4-16H,3H2,1-2H3,(H,28,29,31). The number of carbonyl (C=O) groups is 1. The summed E-state index contributed by atoms with van der Waals surface area (Å²) < 4.78 is 6.84. The summed E-state index contributed by atoms with van der Waals surface area (Å²) in [6.45, 7) is 3.84. The van der Waals surface area contributed by atoms with Gasteiger partial charge in [-0.3, -0.25) is 0 Å². The van der Waals surface area contributed by atoms with E-state index in [-0.39, 0.29) is 12.2 Å². The van der Waals surface area contributed by atoms with Gasteiger partial charge in [-0.25, -0.2) is 19.7 Å². The Labute approximate surface area is 196 Å². The van der Waals surface area contributed by atoms with Gasteiger partial charge in [-0.1, -0.05) is 48.5 Å². The molecule has 0 spiro atoms. The molecule has 0 fully saturated rings. The van der Waals surface area contributed by atoms with Crippen molar-refractivity contribution in [1.82, 2.24) is 24.7 Å². The number of hydrogen-bond donors (Lipinski definition) is 1. The van der Waals surface area contributed by atoms with Gasteiger partial charge < -0.3 is 10.1 Å². The number of hydrogen-bond acceptors (Lipinski definition) is 7. The fourth-order valence-electron chi connectivity index (χ4n) is 3.68. The molecule has 0 radical (unpaired) electrons. The van der Waals surface area contributed by atoms with Crippen LogP contribution in [0.15, 0.2) is 79.0 Å². The SMILES string of the molecule is CCOC(=O)c1cnn(-c2ccc3ccccc3n2)c1Nc1cc(-c2ccccc2)nc(C)n1. The Morgan fingerprint density at radius 2 is 1.76 bits per heavy atom. The van der Waals surface area contributed by atoms with Crippen molar-refractivity contribution < 1.29 is 9.53 Å². The number of rotatable bonds is 6. The Morgan fingerprint density at radius 1 is 0.971 bits per heavy atom. The summed E-state index contributed by atoms with van der Waals surface area (Å²) in [4.78, 5) is 26.5. The van der Waals surface area contributed by atoms with Crippen LogP contribution in [0.5, 0.6) is 0 Å². The first kappa shape index (κ1) is 21.3. The first-order valence-corrected chi connectivity index (χ1v) is 10.9. The summed E-state index contributed by atoms with van der Waals surface area (Å²) >= 11 is 0. The van der Waals surface area contributed by atoms with Crippen LogP contribution in [-0.4, -0.2) is 37.3 Å². The third-order valence-corrected chi connectivity index (χ3v) is 5.22. The number of ether oxygens (including phenoxy) is 1. The lowest BCUT2D eigenvalue weighted by Crippen LogP contribution is -2.11. The van der Waals surface area contributed by atoms with Crippen LogP contribution in [-0.2, 0) is 4.74 Å². The molecule has 0 bridgehead atoms. The fraction of sp³-hybridized carbons (Fsp3) is 0.115. The summed E-state index contributed by atoms with van der Waals surface area (Å²) in [5.74, 6) is 1.62. The topological polar surface area (TPSA) is 94.8 Å². The molecule has 0 aliphatic carbocycles. The zero-order chi connectivity index (χ0) is 23.5. The molecule has 8 heteroatoms. The number of fused-ring (bicyclic) bond motifs is 1. The van der Waals surface area contributed by atoms with Gasteiger partial charge in [0, 0.05) is 17.0 Å². The quantitative estimate of drug-likeness (QED) is 0.359. The lowest BCUT2D eigenvalue weighted by atomic mass is 10.1. The van der Waals surface area contributed by atoms with Gasteiger partial charge in [0.05, 0.1) is 24.0 Å². The van der Waals surface area contributed by atoms with E-state index < -0.39 is 5.97 Å². The highest BCUT2D eigenvalue weighted by Gasteiger charge is 2.21. The van der Waals surface area contributed by atoms with E-state index >= 15 is 0 Å². The minimum atomic E-state index is -0.480. The van der Waals surface area contributed by atoms with Crippen LogP contribution in [0.2, 0.25) is 0 Å². The second kappa shape index (κ2) is 9.11. The van der Waals surface area contributed by atoms with E-state index in [0.717, 1.165) is 22.2 Å². The van der Waals surface area contributed by atoms with E-state index in [1.165, 1.54) is 6.20 Å². The van der Waals surface area contributed by atoms with Crippen molar-refractivity contribution in [2.24, 2.45) is 0 Å². The number of anilines is 2. The van der Waals surface area contributed by atoms with Crippen molar-refractivity contribution in [3.05, 3.63) is 90.4 Å². The Bertz CT molecular complexity index is 1480. The van der Waals surface area contributed by atoms with Crippen LogP contribution in [0.1, 0.15) is 23.1 Å². The number of para-hydroxylation sites is 1. The molecule has 0 atom stereocenters. The third kappa shape index (κ3) is 4.21. The van der Waals surface area contributed by atoms with Crippen LogP contribution < -0.4 is 5.32 Å². The molecule has 0 amide bonds. The molecule has 0 aliphatic rings. The monoisotopic (exact) mass is 450 g/mol. The zero-order valence-corrected chi connectivity index (χ0v) is 18.8. The third-order valence-electron chi connectivity index (χ3n) is 5.22. The largest absolute Gasteiger partial charge is 0.462 e. The maximum Gasteiger partial charge on any atom is 0.343 e. The van der Waals surface area contributed by atoms with E-state index in [1.807, 2.05) is 79.7 Å². The molecule has 0 unspecified atom stereocenters. The summed E-state index contributed by atoms with van der Waals surface area (Å²) in [5.41, 5.74) is 2.84. The molecule has 168 valence electrons. The molecule has 2 aromatic carbocycles. The normalized spacial score (nSPS) is 10.9. The van der Waals surface area contributed by atoms with Crippen molar-refractivity contribution in [3.8, 4) is 17.1 Å². The Balaban J connectivity index is 1.60. The lowest BCUT2D eigenvalue weighted by Gasteiger charge is -2.13. The van der Waals surface area contributed by atoms with Crippen molar-refractivity contribution in [2.45, 2.75) is 13.8 Å². The van der Waals surface area contributed by atoms with Gasteiger partial charge in [-0.15, -0.1) is 0 Å². The molecule has 3 aromatic heterocycles. The van der Waals surface area contributed by atoms with Gasteiger partial charge in [-0.05, 0) is 32.0 Å². The maximum absolute atomic E-state index is 12.7. The fourth-order valence-corrected chi connectivity index (χ4v) is 3.68. The van der Waals surface area contributed by atoms with Gasteiger partial charge in [0.25, 0.3) is 0 Å². The Morgan fingerprint density at radius 3 is 2.59 bits per heavy atom. The highest BCUT2D eigenvalue weighted by atomic mass is 16.5. The first-order valence-electron chi connectivity index (χ1n) is 10.9. The molecule has 1 N–H and O–H groups in total. The van der Waals surface area contributed by atoms with Crippen LogP contribution >= 0.6 is 0 Å². The number of aromatic nitrogens is 5. The van der Waals surface area contributed by atoms with E-state index in [2.05, 4.69) is 20.4 Å². The number of aryl methyl sites for hydroxylation is 1. The average Bonchev–Trinajstić information content (AvgIpc) is 3.27. The van der Waals surface area contributed by atoms with Crippen molar-refractivity contribution >= 4 is 28.5 Å². The highest BCUT2D eigenvalue weighted by molar-refractivity contribution is 5.95. The molecule has 5 rings (SSSR count). The number of nitrogens with zero attached hydrogens (tertiary/aromatic N) is 5. The van der Waals surface area contributed by atoms with Gasteiger partial charge in [0.1, 0.15) is 17.2 Å². The molecular weight excluding hydrogens is 428 g/mol. The Kier molecular flexibility index (Phi) is 5.70. The molecule has 3 heterocycles. The smallest absolute Gasteiger partial charge is 0.343 e. The van der Waals surface area contributed by atoms with Crippen LogP contribution in [0.4, 0.5) is 11.6 Å². The minimum absolute atomic E-state index is 0.252. The molecular formula is C26H22N6O2. The average molecular weight is 451 g/mol. The molecule has 0 aliphatic heterocycles. The zero-order valence-electron chi connectivity index (χ0n) is 18.8. The van der Waals surface area contributed by atoms with Gasteiger partial charge in [0.15, 0.2) is 11.6 Å². The molecule has 0 saturated heterocycles. The number of nitrogens with one attached hydrogen (secondary N) is 1. The number of pyridine rings is 1. The predicted molar refractivity (Wildman–Crippen MR) is 130 cm³/mol. The number of esters is 1. The van der Waals surface area contributed by atoms with Crippen molar-refractivity contribution in [2.75, 3.05) is 11.9 Å². The van der Waals surface area contributed by atoms with Crippen molar-refractivity contribution in [3.63, 3.8) is 0 Å². The second-order valence-electron chi connectivity index (χ2n) is 7.58. The molecule has 5 aromatic rings. The highest BCUT2D eigenvalue weighted by Crippen LogP contribution is 2.27. The second-order valence-corrected chi connectivity index (χ2v) is 7.58. The van der Waals surface area contributed by atoms with E-state index in [0.29, 0.717) is 23.3 Å². The van der Waals surface area contributed by atoms with E-state index in [9.17, 15) is 4.79 Å². The first-order chi connectivity index (χ1) is 16.6. The molecule has 8 nitrogen and oxygen atoms in total. The summed E-state index contributed by atoms with van der Waals surface area (Å²) in [5, 5.41) is 8.72. The van der Waals surface area contributed by atoms with E-state index in [4.69, 9.17) is 9.72 Å². The van der Waals surface area contributed by atoms with Gasteiger partial charge in [0.2, 0.25) is 0 Å². The predicted octanol–water partition coefficient (Wildman–Crippen LogP) is 5.11. The summed E-state index contributed by atoms with van der Waals surface area (Å²) in [6.07, 6.45) is 1.48. The molecule has 0 saturated carbocycles. The Hall–Kier alpha value is -4.59.